The normalized spacial score (nSPS) is 22.2. The number of aryl methyl sites for hydroxylation is 1. The Balaban J connectivity index is 2.26. The van der Waals surface area contributed by atoms with Gasteiger partial charge in [0.05, 0.1) is 12.0 Å². The summed E-state index contributed by atoms with van der Waals surface area (Å²) in [5, 5.41) is 2.97. The van der Waals surface area contributed by atoms with Crippen molar-refractivity contribution in [3.8, 4) is 0 Å². The third kappa shape index (κ3) is 3.43. The highest BCUT2D eigenvalue weighted by atomic mass is 16.2. The Morgan fingerprint density at radius 1 is 1.33 bits per heavy atom. The molecule has 1 heterocycles. The number of nitrogens with one attached hydrogen (secondary N) is 1. The first kappa shape index (κ1) is 15.5. The van der Waals surface area contributed by atoms with Gasteiger partial charge in [-0.3, -0.25) is 9.59 Å². The minimum Gasteiger partial charge on any atom is -0.356 e. The van der Waals surface area contributed by atoms with Crippen LogP contribution in [0.2, 0.25) is 0 Å². The maximum atomic E-state index is 12.4. The van der Waals surface area contributed by atoms with Gasteiger partial charge in [0.15, 0.2) is 0 Å². The van der Waals surface area contributed by atoms with Crippen molar-refractivity contribution in [2.24, 2.45) is 5.92 Å². The summed E-state index contributed by atoms with van der Waals surface area (Å²) in [7, 11) is 1.80. The highest BCUT2D eigenvalue weighted by molar-refractivity contribution is 5.84. The molecule has 0 radical (unpaired) electrons. The summed E-state index contributed by atoms with van der Waals surface area (Å²) < 4.78 is 0. The molecule has 114 valence electrons. The molecule has 1 aliphatic rings. The summed E-state index contributed by atoms with van der Waals surface area (Å²) in [6.45, 7) is 4.76. The molecule has 4 heteroatoms. The lowest BCUT2D eigenvalue weighted by Crippen LogP contribution is -2.46. The van der Waals surface area contributed by atoms with Crippen molar-refractivity contribution in [3.05, 3.63) is 35.4 Å². The van der Waals surface area contributed by atoms with E-state index in [1.165, 1.54) is 5.56 Å². The average Bonchev–Trinajstić information content (AvgIpc) is 2.48. The number of hydrogen-bond acceptors (Lipinski definition) is 2. The molecule has 4 nitrogen and oxygen atoms in total. The summed E-state index contributed by atoms with van der Waals surface area (Å²) in [4.78, 5) is 26.2. The third-order valence-corrected chi connectivity index (χ3v) is 4.17. The highest BCUT2D eigenvalue weighted by Crippen LogP contribution is 2.35. The lowest BCUT2D eigenvalue weighted by atomic mass is 9.83. The third-order valence-electron chi connectivity index (χ3n) is 4.17. The smallest absolute Gasteiger partial charge is 0.225 e. The van der Waals surface area contributed by atoms with Crippen molar-refractivity contribution in [2.75, 3.05) is 13.6 Å². The number of hydrogen-bond donors (Lipinski definition) is 1. The van der Waals surface area contributed by atoms with Gasteiger partial charge in [-0.15, -0.1) is 0 Å². The molecular weight excluding hydrogens is 264 g/mol. The van der Waals surface area contributed by atoms with Crippen molar-refractivity contribution in [3.63, 3.8) is 0 Å². The molecule has 1 fully saturated rings. The maximum Gasteiger partial charge on any atom is 0.225 e. The predicted molar refractivity (Wildman–Crippen MR) is 82.7 cm³/mol. The Bertz CT molecular complexity index is 510. The van der Waals surface area contributed by atoms with Gasteiger partial charge in [0, 0.05) is 20.0 Å². The van der Waals surface area contributed by atoms with Crippen LogP contribution in [-0.4, -0.2) is 30.3 Å². The number of carbonyl (C=O) groups excluding carboxylic acids is 2. The van der Waals surface area contributed by atoms with Crippen LogP contribution in [-0.2, 0) is 9.59 Å². The van der Waals surface area contributed by atoms with E-state index in [1.54, 1.807) is 11.9 Å². The van der Waals surface area contributed by atoms with Gasteiger partial charge in [-0.25, -0.2) is 0 Å². The molecule has 0 unspecified atom stereocenters. The summed E-state index contributed by atoms with van der Waals surface area (Å²) in [5.74, 6) is 0.00356. The Labute approximate surface area is 126 Å². The fraction of sp³-hybridized carbons (Fsp3) is 0.529. The van der Waals surface area contributed by atoms with Crippen molar-refractivity contribution in [1.82, 2.24) is 10.2 Å². The van der Waals surface area contributed by atoms with E-state index in [1.807, 2.05) is 38.1 Å². The molecule has 0 aromatic heterocycles. The first-order chi connectivity index (χ1) is 10.0. The highest BCUT2D eigenvalue weighted by Gasteiger charge is 2.38. The molecule has 2 amide bonds. The zero-order valence-electron chi connectivity index (χ0n) is 13.1. The number of rotatable bonds is 4. The quantitative estimate of drug-likeness (QED) is 0.925. The molecule has 2 rings (SSSR count). The number of likely N-dealkylation sites (tertiary alicyclic amines) is 1. The molecule has 1 aromatic carbocycles. The van der Waals surface area contributed by atoms with E-state index in [2.05, 4.69) is 5.32 Å². The average molecular weight is 288 g/mol. The second kappa shape index (κ2) is 6.74. The summed E-state index contributed by atoms with van der Waals surface area (Å²) >= 11 is 0. The van der Waals surface area contributed by atoms with E-state index in [4.69, 9.17) is 0 Å². The zero-order valence-corrected chi connectivity index (χ0v) is 13.1. The Hall–Kier alpha value is -1.84. The number of benzene rings is 1. The largest absolute Gasteiger partial charge is 0.356 e. The predicted octanol–water partition coefficient (Wildman–Crippen LogP) is 2.43. The van der Waals surface area contributed by atoms with Crippen molar-refractivity contribution in [2.45, 2.75) is 39.2 Å². The number of nitrogens with zero attached hydrogens (tertiary/aromatic N) is 1. The van der Waals surface area contributed by atoms with Crippen LogP contribution < -0.4 is 5.32 Å². The van der Waals surface area contributed by atoms with Crippen LogP contribution in [0.1, 0.15) is 43.4 Å². The van der Waals surface area contributed by atoms with Crippen LogP contribution in [0.25, 0.3) is 0 Å². The summed E-state index contributed by atoms with van der Waals surface area (Å²) in [6, 6.07) is 7.94. The van der Waals surface area contributed by atoms with E-state index >= 15 is 0 Å². The van der Waals surface area contributed by atoms with E-state index in [0.29, 0.717) is 19.4 Å². The van der Waals surface area contributed by atoms with Crippen LogP contribution in [0, 0.1) is 12.8 Å². The van der Waals surface area contributed by atoms with Gasteiger partial charge in [-0.1, -0.05) is 36.8 Å². The Morgan fingerprint density at radius 3 is 2.62 bits per heavy atom. The number of piperidine rings is 1. The molecule has 2 atom stereocenters. The van der Waals surface area contributed by atoms with E-state index in [0.717, 1.165) is 12.0 Å². The van der Waals surface area contributed by atoms with Crippen LogP contribution in [0.5, 0.6) is 0 Å². The summed E-state index contributed by atoms with van der Waals surface area (Å²) in [6.07, 6.45) is 1.99. The molecule has 21 heavy (non-hydrogen) atoms. The molecule has 1 saturated heterocycles. The van der Waals surface area contributed by atoms with Gasteiger partial charge in [0.1, 0.15) is 0 Å². The van der Waals surface area contributed by atoms with E-state index in [-0.39, 0.29) is 23.8 Å². The molecule has 0 saturated carbocycles. The Kier molecular flexibility index (Phi) is 4.99. The molecule has 0 aliphatic carbocycles. The maximum absolute atomic E-state index is 12.4. The van der Waals surface area contributed by atoms with E-state index in [9.17, 15) is 9.59 Å². The van der Waals surface area contributed by atoms with Crippen LogP contribution in [0.15, 0.2) is 24.3 Å². The fourth-order valence-corrected chi connectivity index (χ4v) is 2.91. The second-order valence-corrected chi connectivity index (χ2v) is 5.80. The van der Waals surface area contributed by atoms with Gasteiger partial charge in [-0.2, -0.15) is 0 Å². The minimum atomic E-state index is -0.165. The zero-order chi connectivity index (χ0) is 15.4. The molecule has 1 aliphatic heterocycles. The molecule has 0 spiro atoms. The van der Waals surface area contributed by atoms with Crippen molar-refractivity contribution >= 4 is 11.8 Å². The topological polar surface area (TPSA) is 49.4 Å². The summed E-state index contributed by atoms with van der Waals surface area (Å²) in [5.41, 5.74) is 2.21. The number of amides is 2. The van der Waals surface area contributed by atoms with Gasteiger partial charge < -0.3 is 10.2 Å². The SMILES string of the molecule is CCCNC(=O)[C@@H]1CCC(=O)N(C)[C@@H]1c1ccc(C)cc1. The molecular formula is C17H24N2O2. The first-order valence-corrected chi connectivity index (χ1v) is 7.64. The van der Waals surface area contributed by atoms with Crippen LogP contribution >= 0.6 is 0 Å². The van der Waals surface area contributed by atoms with Gasteiger partial charge in [-0.05, 0) is 25.3 Å². The van der Waals surface area contributed by atoms with Gasteiger partial charge in [0.25, 0.3) is 0 Å². The van der Waals surface area contributed by atoms with Crippen molar-refractivity contribution in [1.29, 1.82) is 0 Å². The molecule has 1 aromatic rings. The van der Waals surface area contributed by atoms with Crippen LogP contribution in [0.4, 0.5) is 0 Å². The molecule has 0 bridgehead atoms. The lowest BCUT2D eigenvalue weighted by Gasteiger charge is -2.38. The Morgan fingerprint density at radius 2 is 2.00 bits per heavy atom. The first-order valence-electron chi connectivity index (χ1n) is 7.64. The minimum absolute atomic E-state index is 0.0572. The standard InChI is InChI=1S/C17H24N2O2/c1-4-11-18-17(21)14-9-10-15(20)19(3)16(14)13-7-5-12(2)6-8-13/h5-8,14,16H,4,9-11H2,1-3H3,(H,18,21)/t14-,16-/m1/s1. The molecule has 1 N–H and O–H groups in total. The van der Waals surface area contributed by atoms with Crippen LogP contribution in [0.3, 0.4) is 0 Å². The van der Waals surface area contributed by atoms with Gasteiger partial charge >= 0.3 is 0 Å². The lowest BCUT2D eigenvalue weighted by molar-refractivity contribution is -0.141. The fourth-order valence-electron chi connectivity index (χ4n) is 2.91. The monoisotopic (exact) mass is 288 g/mol. The van der Waals surface area contributed by atoms with Crippen molar-refractivity contribution < 1.29 is 9.59 Å². The van der Waals surface area contributed by atoms with E-state index < -0.39 is 0 Å². The number of carbonyl (C=O) groups is 2. The second-order valence-electron chi connectivity index (χ2n) is 5.80. The van der Waals surface area contributed by atoms with Gasteiger partial charge in [0.2, 0.25) is 11.8 Å².